The Labute approximate surface area is 248 Å². The molecule has 1 saturated heterocycles. The van der Waals surface area contributed by atoms with E-state index in [9.17, 15) is 40.7 Å². The largest absolute Gasteiger partial charge is 0.478 e. The maximum Gasteiger partial charge on any atom is 0.416 e. The van der Waals surface area contributed by atoms with Crippen LogP contribution < -0.4 is 4.90 Å². The maximum absolute atomic E-state index is 13.3. The topological polar surface area (TPSA) is 77.9 Å². The fourth-order valence-corrected chi connectivity index (χ4v) is 6.09. The van der Waals surface area contributed by atoms with E-state index in [4.69, 9.17) is 17.3 Å². The summed E-state index contributed by atoms with van der Waals surface area (Å²) in [5.41, 5.74) is -2.52. The summed E-state index contributed by atoms with van der Waals surface area (Å²) in [5.74, 6) is -1.97. The van der Waals surface area contributed by atoms with Gasteiger partial charge >= 0.3 is 18.3 Å². The van der Waals surface area contributed by atoms with E-state index >= 15 is 0 Å². The van der Waals surface area contributed by atoms with E-state index in [0.717, 1.165) is 23.1 Å². The number of aromatic carboxylic acids is 1. The van der Waals surface area contributed by atoms with Crippen molar-refractivity contribution in [3.63, 3.8) is 0 Å². The zero-order valence-electron chi connectivity index (χ0n) is 21.2. The fourth-order valence-electron chi connectivity index (χ4n) is 3.87. The number of nitrogens with zero attached hydrogens (tertiary/aromatic N) is 2. The molecular weight excluding hydrogens is 626 g/mol. The van der Waals surface area contributed by atoms with Crippen molar-refractivity contribution in [3.8, 4) is 11.1 Å². The molecule has 6 nitrogen and oxygen atoms in total. The Morgan fingerprint density at radius 2 is 1.57 bits per heavy atom. The first-order chi connectivity index (χ1) is 19.5. The second-order valence-corrected chi connectivity index (χ2v) is 11.5. The highest BCUT2D eigenvalue weighted by Crippen LogP contribution is 2.40. The number of carboxylic acid groups (broad SMARTS) is 1. The van der Waals surface area contributed by atoms with Gasteiger partial charge in [-0.1, -0.05) is 24.0 Å². The molecule has 2 heterocycles. The van der Waals surface area contributed by atoms with E-state index in [1.807, 2.05) is 0 Å². The normalized spacial score (nSPS) is 15.0. The molecule has 1 aromatic heterocycles. The standard InChI is InChI=1S/C27H18F6N2O4S3/c1-34(19-4-2-14(3-5-19)24(38)39)22(36)6-7-35-23(37)21(42-25(35)40)12-20-10-16(13-41-20)15-8-17(26(28,29)30)11-18(9-15)27(31,32)33/h2-5,8-13H,6-7H2,1H3,(H,38,39)/b21-12-. The number of halogens is 6. The third-order valence-corrected chi connectivity index (χ3v) is 8.37. The molecule has 2 amide bonds. The van der Waals surface area contributed by atoms with E-state index in [1.54, 1.807) is 0 Å². The van der Waals surface area contributed by atoms with Crippen molar-refractivity contribution in [2.45, 2.75) is 18.8 Å². The number of carbonyl (C=O) groups excluding carboxylic acids is 2. The van der Waals surface area contributed by atoms with Crippen LogP contribution in [0.25, 0.3) is 17.2 Å². The first kappa shape index (κ1) is 31.3. The number of carboxylic acids is 1. The van der Waals surface area contributed by atoms with Gasteiger partial charge < -0.3 is 10.0 Å². The summed E-state index contributed by atoms with van der Waals surface area (Å²) in [6.07, 6.45) is -8.63. The summed E-state index contributed by atoms with van der Waals surface area (Å²) in [7, 11) is 1.50. The Hall–Kier alpha value is -3.69. The summed E-state index contributed by atoms with van der Waals surface area (Å²) in [4.78, 5) is 39.8. The summed E-state index contributed by atoms with van der Waals surface area (Å²) >= 11 is 7.25. The molecule has 220 valence electrons. The van der Waals surface area contributed by atoms with Gasteiger partial charge in [0, 0.05) is 30.6 Å². The van der Waals surface area contributed by atoms with E-state index in [-0.39, 0.29) is 50.9 Å². The number of anilines is 1. The molecule has 2 aromatic carbocycles. The first-order valence-electron chi connectivity index (χ1n) is 11.8. The van der Waals surface area contributed by atoms with Crippen LogP contribution >= 0.6 is 35.3 Å². The molecule has 1 aliphatic rings. The quantitative estimate of drug-likeness (QED) is 0.164. The van der Waals surface area contributed by atoms with Gasteiger partial charge in [0.25, 0.3) is 5.91 Å². The lowest BCUT2D eigenvalue weighted by molar-refractivity contribution is -0.143. The van der Waals surface area contributed by atoms with Gasteiger partial charge in [-0.15, -0.1) is 11.3 Å². The number of carbonyl (C=O) groups is 3. The summed E-state index contributed by atoms with van der Waals surface area (Å²) < 4.78 is 79.7. The lowest BCUT2D eigenvalue weighted by Crippen LogP contribution is -2.34. The number of rotatable bonds is 7. The first-order valence-corrected chi connectivity index (χ1v) is 13.9. The number of benzene rings is 2. The Morgan fingerprint density at radius 1 is 0.976 bits per heavy atom. The molecular formula is C27H18F6N2O4S3. The van der Waals surface area contributed by atoms with Gasteiger partial charge in [0.05, 0.1) is 21.6 Å². The molecule has 0 atom stereocenters. The van der Waals surface area contributed by atoms with Crippen LogP contribution in [0.5, 0.6) is 0 Å². The molecule has 0 bridgehead atoms. The number of thiophene rings is 1. The van der Waals surface area contributed by atoms with Crippen molar-refractivity contribution in [3.05, 3.63) is 80.4 Å². The zero-order valence-corrected chi connectivity index (χ0v) is 23.7. The molecule has 42 heavy (non-hydrogen) atoms. The van der Waals surface area contributed by atoms with Gasteiger partial charge in [0.2, 0.25) is 5.91 Å². The van der Waals surface area contributed by atoms with Gasteiger partial charge in [-0.25, -0.2) is 4.79 Å². The predicted molar refractivity (Wildman–Crippen MR) is 151 cm³/mol. The minimum atomic E-state index is -4.98. The average molecular weight is 645 g/mol. The summed E-state index contributed by atoms with van der Waals surface area (Å²) in [6.45, 7) is -0.0431. The third kappa shape index (κ3) is 7.02. The van der Waals surface area contributed by atoms with Gasteiger partial charge in [-0.05, 0) is 71.1 Å². The molecule has 0 aliphatic carbocycles. The van der Waals surface area contributed by atoms with Crippen LogP contribution in [0.3, 0.4) is 0 Å². The second-order valence-electron chi connectivity index (χ2n) is 8.92. The fraction of sp³-hybridized carbons (Fsp3) is 0.185. The van der Waals surface area contributed by atoms with Crippen LogP contribution in [0.15, 0.2) is 58.8 Å². The highest BCUT2D eigenvalue weighted by Gasteiger charge is 2.37. The van der Waals surface area contributed by atoms with Crippen LogP contribution in [0.2, 0.25) is 0 Å². The van der Waals surface area contributed by atoms with E-state index in [0.29, 0.717) is 22.7 Å². The lowest BCUT2D eigenvalue weighted by Gasteiger charge is -2.20. The molecule has 3 aromatic rings. The van der Waals surface area contributed by atoms with Crippen molar-refractivity contribution in [2.24, 2.45) is 0 Å². The monoisotopic (exact) mass is 644 g/mol. The minimum absolute atomic E-state index is 0.0431. The summed E-state index contributed by atoms with van der Waals surface area (Å²) in [5, 5.41) is 10.4. The second kappa shape index (κ2) is 11.9. The number of alkyl halides is 6. The molecule has 0 saturated carbocycles. The van der Waals surface area contributed by atoms with Crippen LogP contribution in [0.4, 0.5) is 32.0 Å². The molecule has 0 radical (unpaired) electrons. The Morgan fingerprint density at radius 3 is 2.12 bits per heavy atom. The molecule has 4 rings (SSSR count). The van der Waals surface area contributed by atoms with Crippen LogP contribution in [-0.2, 0) is 21.9 Å². The third-order valence-electron chi connectivity index (χ3n) is 6.11. The van der Waals surface area contributed by atoms with Crippen molar-refractivity contribution in [1.29, 1.82) is 0 Å². The smallest absolute Gasteiger partial charge is 0.416 e. The van der Waals surface area contributed by atoms with Gasteiger partial charge in [0.15, 0.2) is 0 Å². The predicted octanol–water partition coefficient (Wildman–Crippen LogP) is 7.41. The van der Waals surface area contributed by atoms with Gasteiger partial charge in [0.1, 0.15) is 4.32 Å². The lowest BCUT2D eigenvalue weighted by atomic mass is 10.0. The van der Waals surface area contributed by atoms with Crippen LogP contribution in [0.1, 0.15) is 32.8 Å². The van der Waals surface area contributed by atoms with Crippen molar-refractivity contribution in [1.82, 2.24) is 4.90 Å². The molecule has 0 spiro atoms. The molecule has 0 unspecified atom stereocenters. The number of amides is 2. The molecule has 1 fully saturated rings. The number of thiocarbonyl (C=S) groups is 1. The SMILES string of the molecule is CN(C(=O)CCN1C(=O)/C(=C/c2cc(-c3cc(C(F)(F)F)cc(C(F)(F)F)c3)cs2)SC1=S)c1ccc(C(=O)O)cc1. The van der Waals surface area contributed by atoms with Crippen LogP contribution in [-0.4, -0.2) is 45.7 Å². The van der Waals surface area contributed by atoms with Crippen molar-refractivity contribution in [2.75, 3.05) is 18.5 Å². The van der Waals surface area contributed by atoms with E-state index in [1.165, 1.54) is 58.6 Å². The zero-order chi connectivity index (χ0) is 31.0. The average Bonchev–Trinajstić information content (AvgIpc) is 3.49. The van der Waals surface area contributed by atoms with Crippen molar-refractivity contribution < 1.29 is 45.8 Å². The maximum atomic E-state index is 13.3. The van der Waals surface area contributed by atoms with E-state index in [2.05, 4.69) is 0 Å². The van der Waals surface area contributed by atoms with Crippen molar-refractivity contribution >= 4 is 69.2 Å². The number of thioether (sulfide) groups is 1. The van der Waals surface area contributed by atoms with E-state index < -0.39 is 35.4 Å². The highest BCUT2D eigenvalue weighted by molar-refractivity contribution is 8.26. The van der Waals surface area contributed by atoms with Crippen LogP contribution in [0, 0.1) is 0 Å². The molecule has 15 heteroatoms. The Balaban J connectivity index is 1.47. The molecule has 1 N–H and O–H groups in total. The Bertz CT molecular complexity index is 1560. The number of hydrogen-bond acceptors (Lipinski definition) is 6. The molecule has 1 aliphatic heterocycles. The van der Waals surface area contributed by atoms with Gasteiger partial charge in [-0.2, -0.15) is 26.3 Å². The highest BCUT2D eigenvalue weighted by atomic mass is 32.2. The van der Waals surface area contributed by atoms with Gasteiger partial charge in [-0.3, -0.25) is 14.5 Å². The summed E-state index contributed by atoms with van der Waals surface area (Å²) in [6, 6.07) is 8.36. The minimum Gasteiger partial charge on any atom is -0.478 e. The Kier molecular flexibility index (Phi) is 8.85. The number of hydrogen-bond donors (Lipinski definition) is 1.